The van der Waals surface area contributed by atoms with Gasteiger partial charge in [-0.3, -0.25) is 14.4 Å². The van der Waals surface area contributed by atoms with Gasteiger partial charge in [0.1, 0.15) is 6.61 Å². The summed E-state index contributed by atoms with van der Waals surface area (Å²) in [5, 5.41) is 1.60. The van der Waals surface area contributed by atoms with Gasteiger partial charge in [0.05, 0.1) is 24.3 Å². The first-order chi connectivity index (χ1) is 17.0. The van der Waals surface area contributed by atoms with E-state index in [1.807, 2.05) is 55.5 Å². The summed E-state index contributed by atoms with van der Waals surface area (Å²) in [6.45, 7) is 2.78. The van der Waals surface area contributed by atoms with Crippen LogP contribution < -0.4 is 14.4 Å². The van der Waals surface area contributed by atoms with E-state index in [1.54, 1.807) is 36.4 Å². The van der Waals surface area contributed by atoms with E-state index in [4.69, 9.17) is 14.3 Å². The molecule has 3 atom stereocenters. The molecule has 0 unspecified atom stereocenters. The van der Waals surface area contributed by atoms with Gasteiger partial charge < -0.3 is 9.47 Å². The SMILES string of the molecule is CCOc1cc([C@H]2[C@H]3C(=O)N(c4ccc(Br)cc4)C(=O)[C@H]3ON2C)ccc1OCc1ccccc1. The first kappa shape index (κ1) is 23.5. The molecule has 3 aromatic rings. The van der Waals surface area contributed by atoms with Crippen molar-refractivity contribution >= 4 is 33.4 Å². The molecule has 0 bridgehead atoms. The molecule has 0 spiro atoms. The number of hydrogen-bond acceptors (Lipinski definition) is 6. The molecule has 0 aromatic heterocycles. The van der Waals surface area contributed by atoms with Gasteiger partial charge in [0.15, 0.2) is 17.6 Å². The lowest BCUT2D eigenvalue weighted by atomic mass is 9.91. The van der Waals surface area contributed by atoms with Crippen molar-refractivity contribution in [2.45, 2.75) is 25.7 Å². The highest BCUT2D eigenvalue weighted by atomic mass is 79.9. The van der Waals surface area contributed by atoms with E-state index >= 15 is 0 Å². The number of amides is 2. The van der Waals surface area contributed by atoms with Crippen LogP contribution in [0.2, 0.25) is 0 Å². The quantitative estimate of drug-likeness (QED) is 0.400. The second-order valence-electron chi connectivity index (χ2n) is 8.44. The van der Waals surface area contributed by atoms with E-state index in [0.29, 0.717) is 30.4 Å². The normalized spacial score (nSPS) is 21.9. The molecule has 2 aliphatic heterocycles. The maximum absolute atomic E-state index is 13.5. The fraction of sp³-hybridized carbons (Fsp3) is 0.259. The van der Waals surface area contributed by atoms with Crippen LogP contribution in [0.3, 0.4) is 0 Å². The highest BCUT2D eigenvalue weighted by molar-refractivity contribution is 9.10. The maximum Gasteiger partial charge on any atom is 0.265 e. The van der Waals surface area contributed by atoms with E-state index in [2.05, 4.69) is 15.9 Å². The summed E-state index contributed by atoms with van der Waals surface area (Å²) in [5.41, 5.74) is 2.39. The minimum absolute atomic E-state index is 0.279. The van der Waals surface area contributed by atoms with E-state index in [0.717, 1.165) is 15.6 Å². The Morgan fingerprint density at radius 2 is 1.66 bits per heavy atom. The molecule has 2 aliphatic rings. The summed E-state index contributed by atoms with van der Waals surface area (Å²) < 4.78 is 12.8. The van der Waals surface area contributed by atoms with Crippen LogP contribution in [-0.2, 0) is 21.0 Å². The number of halogens is 1. The molecule has 0 N–H and O–H groups in total. The van der Waals surface area contributed by atoms with Gasteiger partial charge >= 0.3 is 0 Å². The number of hydrogen-bond donors (Lipinski definition) is 0. The van der Waals surface area contributed by atoms with Gasteiger partial charge in [-0.2, -0.15) is 5.06 Å². The standard InChI is InChI=1S/C27H25BrN2O5/c1-3-33-22-15-18(9-14-21(22)34-16-17-7-5-4-6-8-17)24-23-25(35-29(24)2)27(32)30(26(23)31)20-12-10-19(28)11-13-20/h4-15,23-25H,3,16H2,1-2H3/t23-,24+,25+/m1/s1. The second-order valence-corrected chi connectivity index (χ2v) is 9.36. The van der Waals surface area contributed by atoms with Gasteiger partial charge in [0.25, 0.3) is 5.91 Å². The van der Waals surface area contributed by atoms with Gasteiger partial charge in [0, 0.05) is 11.5 Å². The monoisotopic (exact) mass is 536 g/mol. The Balaban J connectivity index is 1.42. The highest BCUT2D eigenvalue weighted by Gasteiger charge is 2.59. The van der Waals surface area contributed by atoms with Crippen LogP contribution in [-0.4, -0.2) is 36.6 Å². The Hall–Kier alpha value is -3.20. The predicted octanol–water partition coefficient (Wildman–Crippen LogP) is 4.90. The lowest BCUT2D eigenvalue weighted by Crippen LogP contribution is -2.36. The molecule has 0 aliphatic carbocycles. The Labute approximate surface area is 212 Å². The van der Waals surface area contributed by atoms with E-state index in [-0.39, 0.29) is 11.8 Å². The number of carbonyl (C=O) groups excluding carboxylic acids is 2. The lowest BCUT2D eigenvalue weighted by molar-refractivity contribution is -0.160. The van der Waals surface area contributed by atoms with Crippen molar-refractivity contribution in [3.05, 3.63) is 88.4 Å². The van der Waals surface area contributed by atoms with Crippen LogP contribution in [0.15, 0.2) is 77.3 Å². The molecule has 2 fully saturated rings. The van der Waals surface area contributed by atoms with Crippen LogP contribution in [0.1, 0.15) is 24.1 Å². The Kier molecular flexibility index (Phi) is 6.60. The minimum atomic E-state index is -0.870. The third-order valence-electron chi connectivity index (χ3n) is 6.24. The van der Waals surface area contributed by atoms with Crippen LogP contribution in [0, 0.1) is 5.92 Å². The molecule has 2 saturated heterocycles. The third kappa shape index (κ3) is 4.45. The average Bonchev–Trinajstić information content (AvgIpc) is 3.33. The van der Waals surface area contributed by atoms with Crippen molar-refractivity contribution in [2.75, 3.05) is 18.6 Å². The number of anilines is 1. The third-order valence-corrected chi connectivity index (χ3v) is 6.77. The maximum atomic E-state index is 13.5. The molecule has 5 rings (SSSR count). The molecule has 8 heteroatoms. The summed E-state index contributed by atoms with van der Waals surface area (Å²) in [7, 11) is 1.74. The van der Waals surface area contributed by atoms with Gasteiger partial charge in [-0.05, 0) is 54.4 Å². The van der Waals surface area contributed by atoms with Gasteiger partial charge in [-0.25, -0.2) is 4.90 Å². The smallest absolute Gasteiger partial charge is 0.265 e. The number of hydroxylamine groups is 2. The number of carbonyl (C=O) groups is 2. The molecule has 3 aromatic carbocycles. The Bertz CT molecular complexity index is 1230. The van der Waals surface area contributed by atoms with Crippen LogP contribution >= 0.6 is 15.9 Å². The van der Waals surface area contributed by atoms with Crippen molar-refractivity contribution in [3.8, 4) is 11.5 Å². The minimum Gasteiger partial charge on any atom is -0.490 e. The molecular weight excluding hydrogens is 512 g/mol. The average molecular weight is 537 g/mol. The van der Waals surface area contributed by atoms with E-state index < -0.39 is 18.1 Å². The fourth-order valence-corrected chi connectivity index (χ4v) is 4.91. The first-order valence-electron chi connectivity index (χ1n) is 11.4. The molecule has 0 saturated carbocycles. The summed E-state index contributed by atoms with van der Waals surface area (Å²) in [5.74, 6) is -0.104. The molecule has 0 radical (unpaired) electrons. The number of benzene rings is 3. The van der Waals surface area contributed by atoms with Crippen molar-refractivity contribution < 1.29 is 23.9 Å². The number of fused-ring (bicyclic) bond motifs is 1. The summed E-state index contributed by atoms with van der Waals surface area (Å²) in [6.07, 6.45) is -0.870. The predicted molar refractivity (Wildman–Crippen MR) is 134 cm³/mol. The largest absolute Gasteiger partial charge is 0.490 e. The van der Waals surface area contributed by atoms with Gasteiger partial charge in [-0.1, -0.05) is 52.3 Å². The van der Waals surface area contributed by atoms with Crippen LogP contribution in [0.5, 0.6) is 11.5 Å². The lowest BCUT2D eigenvalue weighted by Gasteiger charge is -2.25. The Morgan fingerprint density at radius 3 is 2.37 bits per heavy atom. The number of imide groups is 1. The zero-order valence-electron chi connectivity index (χ0n) is 19.4. The van der Waals surface area contributed by atoms with Crippen LogP contribution in [0.25, 0.3) is 0 Å². The number of rotatable bonds is 7. The van der Waals surface area contributed by atoms with E-state index in [1.165, 1.54) is 4.90 Å². The van der Waals surface area contributed by atoms with E-state index in [9.17, 15) is 9.59 Å². The fourth-order valence-electron chi connectivity index (χ4n) is 4.64. The molecule has 7 nitrogen and oxygen atoms in total. The molecular formula is C27H25BrN2O5. The van der Waals surface area contributed by atoms with Crippen molar-refractivity contribution in [3.63, 3.8) is 0 Å². The highest BCUT2D eigenvalue weighted by Crippen LogP contribution is 2.46. The van der Waals surface area contributed by atoms with Crippen molar-refractivity contribution in [2.24, 2.45) is 5.92 Å². The summed E-state index contributed by atoms with van der Waals surface area (Å²) in [6, 6.07) is 22.2. The summed E-state index contributed by atoms with van der Waals surface area (Å²) in [4.78, 5) is 33.7. The molecule has 2 amide bonds. The van der Waals surface area contributed by atoms with Gasteiger partial charge in [-0.15, -0.1) is 0 Å². The molecule has 2 heterocycles. The number of nitrogens with zero attached hydrogens (tertiary/aromatic N) is 2. The number of ether oxygens (including phenoxy) is 2. The zero-order chi connectivity index (χ0) is 24.5. The first-order valence-corrected chi connectivity index (χ1v) is 12.2. The topological polar surface area (TPSA) is 68.3 Å². The molecule has 180 valence electrons. The van der Waals surface area contributed by atoms with Gasteiger partial charge in [0.2, 0.25) is 5.91 Å². The molecule has 35 heavy (non-hydrogen) atoms. The van der Waals surface area contributed by atoms with Crippen LogP contribution in [0.4, 0.5) is 5.69 Å². The van der Waals surface area contributed by atoms with Crippen molar-refractivity contribution in [1.29, 1.82) is 0 Å². The summed E-state index contributed by atoms with van der Waals surface area (Å²) >= 11 is 3.39. The second kappa shape index (κ2) is 9.81. The zero-order valence-corrected chi connectivity index (χ0v) is 21.0. The van der Waals surface area contributed by atoms with Crippen molar-refractivity contribution in [1.82, 2.24) is 5.06 Å². The Morgan fingerprint density at radius 1 is 0.914 bits per heavy atom.